The van der Waals surface area contributed by atoms with Crippen LogP contribution in [0.25, 0.3) is 4.96 Å². The first-order chi connectivity index (χ1) is 9.76. The van der Waals surface area contributed by atoms with Crippen molar-refractivity contribution in [2.75, 3.05) is 11.6 Å². The Morgan fingerprint density at radius 1 is 1.30 bits per heavy atom. The highest BCUT2D eigenvalue weighted by molar-refractivity contribution is 7.98. The summed E-state index contributed by atoms with van der Waals surface area (Å²) in [5, 5.41) is 8.11. The van der Waals surface area contributed by atoms with Gasteiger partial charge in [-0.05, 0) is 24.0 Å². The molecule has 2 aromatic heterocycles. The second-order valence-electron chi connectivity index (χ2n) is 4.09. The van der Waals surface area contributed by atoms with Crippen molar-refractivity contribution in [3.05, 3.63) is 52.4 Å². The van der Waals surface area contributed by atoms with Crippen LogP contribution in [0, 0.1) is 0 Å². The topological polar surface area (TPSA) is 59.3 Å². The molecule has 0 saturated carbocycles. The fourth-order valence-electron chi connectivity index (χ4n) is 1.74. The minimum absolute atomic E-state index is 0.163. The Balaban J connectivity index is 1.76. The van der Waals surface area contributed by atoms with Crippen molar-refractivity contribution in [3.63, 3.8) is 0 Å². The van der Waals surface area contributed by atoms with Gasteiger partial charge in [-0.15, -0.1) is 16.9 Å². The van der Waals surface area contributed by atoms with E-state index in [1.807, 2.05) is 0 Å². The van der Waals surface area contributed by atoms with Crippen molar-refractivity contribution >= 4 is 33.2 Å². The predicted octanol–water partition coefficient (Wildman–Crippen LogP) is 2.49. The molecule has 0 saturated heterocycles. The number of aromatic nitrogens is 3. The molecule has 5 nitrogen and oxygen atoms in total. The first-order valence-corrected chi connectivity index (χ1v) is 8.02. The summed E-state index contributed by atoms with van der Waals surface area (Å²) in [6.07, 6.45) is 3.56. The van der Waals surface area contributed by atoms with E-state index in [-0.39, 0.29) is 5.56 Å². The number of nitrogens with zero attached hydrogens (tertiary/aromatic N) is 3. The normalized spacial score (nSPS) is 10.8. The van der Waals surface area contributed by atoms with E-state index >= 15 is 0 Å². The number of hydrogen-bond acceptors (Lipinski definition) is 6. The summed E-state index contributed by atoms with van der Waals surface area (Å²) in [4.78, 5) is 17.5. The van der Waals surface area contributed by atoms with Gasteiger partial charge in [0, 0.05) is 23.7 Å². The average Bonchev–Trinajstić information content (AvgIpc) is 2.90. The van der Waals surface area contributed by atoms with Gasteiger partial charge in [0.05, 0.1) is 0 Å². The quantitative estimate of drug-likeness (QED) is 0.750. The second-order valence-corrected chi connectivity index (χ2v) is 5.92. The molecule has 0 bridgehead atoms. The molecule has 20 heavy (non-hydrogen) atoms. The second kappa shape index (κ2) is 5.64. The minimum Gasteiger partial charge on any atom is -0.356 e. The molecule has 0 aliphatic rings. The highest BCUT2D eigenvalue weighted by Crippen LogP contribution is 2.18. The van der Waals surface area contributed by atoms with E-state index in [1.165, 1.54) is 38.6 Å². The van der Waals surface area contributed by atoms with Crippen LogP contribution in [0.3, 0.4) is 0 Å². The lowest BCUT2D eigenvalue weighted by atomic mass is 10.2. The summed E-state index contributed by atoms with van der Waals surface area (Å²) in [6, 6.07) is 9.74. The van der Waals surface area contributed by atoms with Crippen molar-refractivity contribution in [2.24, 2.45) is 0 Å². The number of thioether (sulfide) groups is 1. The van der Waals surface area contributed by atoms with E-state index < -0.39 is 0 Å². The first-order valence-electron chi connectivity index (χ1n) is 5.98. The Labute approximate surface area is 123 Å². The largest absolute Gasteiger partial charge is 0.356 e. The average molecular weight is 304 g/mol. The van der Waals surface area contributed by atoms with Crippen LogP contribution in [0.15, 0.2) is 46.2 Å². The van der Waals surface area contributed by atoms with Gasteiger partial charge in [0.25, 0.3) is 5.56 Å². The van der Waals surface area contributed by atoms with Gasteiger partial charge in [-0.25, -0.2) is 4.98 Å². The van der Waals surface area contributed by atoms with Crippen LogP contribution in [0.4, 0.5) is 5.13 Å². The molecule has 2 heterocycles. The lowest BCUT2D eigenvalue weighted by Crippen LogP contribution is -2.12. The van der Waals surface area contributed by atoms with E-state index in [0.717, 1.165) is 0 Å². The monoisotopic (exact) mass is 304 g/mol. The van der Waals surface area contributed by atoms with Gasteiger partial charge >= 0.3 is 0 Å². The summed E-state index contributed by atoms with van der Waals surface area (Å²) in [7, 11) is 0. The van der Waals surface area contributed by atoms with E-state index in [0.29, 0.717) is 16.6 Å². The van der Waals surface area contributed by atoms with Gasteiger partial charge < -0.3 is 5.32 Å². The van der Waals surface area contributed by atoms with E-state index in [4.69, 9.17) is 0 Å². The summed E-state index contributed by atoms with van der Waals surface area (Å²) >= 11 is 3.08. The van der Waals surface area contributed by atoms with Gasteiger partial charge in [-0.1, -0.05) is 23.5 Å². The molecule has 0 amide bonds. The van der Waals surface area contributed by atoms with Crippen LogP contribution in [0.2, 0.25) is 0 Å². The maximum atomic E-state index is 11.6. The molecule has 1 aromatic carbocycles. The van der Waals surface area contributed by atoms with Crippen molar-refractivity contribution in [2.45, 2.75) is 11.4 Å². The van der Waals surface area contributed by atoms with Crippen molar-refractivity contribution in [1.82, 2.24) is 14.6 Å². The Bertz CT molecular complexity index is 779. The summed E-state index contributed by atoms with van der Waals surface area (Å²) < 4.78 is 1.31. The Morgan fingerprint density at radius 3 is 2.80 bits per heavy atom. The standard InChI is InChI=1S/C13H12N4OS2/c1-19-10-4-2-9(3-5-10)8-15-12-16-17-11(18)6-7-14-13(17)20-12/h2-7H,8H2,1H3,(H,15,16). The zero-order valence-corrected chi connectivity index (χ0v) is 12.4. The van der Waals surface area contributed by atoms with Crippen LogP contribution in [0.5, 0.6) is 0 Å². The molecule has 1 N–H and O–H groups in total. The highest BCUT2D eigenvalue weighted by atomic mass is 32.2. The number of hydrogen-bond donors (Lipinski definition) is 1. The molecule has 0 radical (unpaired) electrons. The summed E-state index contributed by atoms with van der Waals surface area (Å²) in [5.74, 6) is 0. The third-order valence-corrected chi connectivity index (χ3v) is 4.40. The molecule has 3 rings (SSSR count). The predicted molar refractivity (Wildman–Crippen MR) is 82.7 cm³/mol. The molecule has 0 unspecified atom stereocenters. The van der Waals surface area contributed by atoms with Crippen LogP contribution < -0.4 is 10.9 Å². The SMILES string of the molecule is CSc1ccc(CNc2nn3c(=O)ccnc3s2)cc1. The maximum Gasteiger partial charge on any atom is 0.275 e. The Morgan fingerprint density at radius 2 is 2.10 bits per heavy atom. The summed E-state index contributed by atoms with van der Waals surface area (Å²) in [6.45, 7) is 0.670. The highest BCUT2D eigenvalue weighted by Gasteiger charge is 2.05. The minimum atomic E-state index is -0.163. The van der Waals surface area contributed by atoms with Gasteiger partial charge in [0.1, 0.15) is 0 Å². The molecule has 0 aliphatic carbocycles. The van der Waals surface area contributed by atoms with Crippen molar-refractivity contribution in [3.8, 4) is 0 Å². The number of rotatable bonds is 4. The van der Waals surface area contributed by atoms with Gasteiger partial charge in [-0.3, -0.25) is 4.79 Å². The molecular formula is C13H12N4OS2. The third kappa shape index (κ3) is 2.68. The molecule has 0 spiro atoms. The lowest BCUT2D eigenvalue weighted by molar-refractivity contribution is 0.895. The van der Waals surface area contributed by atoms with Crippen molar-refractivity contribution < 1.29 is 0 Å². The first kappa shape index (κ1) is 13.1. The molecular weight excluding hydrogens is 292 g/mol. The molecule has 0 atom stereocenters. The van der Waals surface area contributed by atoms with Crippen LogP contribution in [-0.2, 0) is 6.54 Å². The Hall–Kier alpha value is -1.86. The molecule has 7 heteroatoms. The zero-order chi connectivity index (χ0) is 13.9. The van der Waals surface area contributed by atoms with E-state index in [2.05, 4.69) is 45.9 Å². The van der Waals surface area contributed by atoms with Crippen LogP contribution in [0.1, 0.15) is 5.56 Å². The molecule has 102 valence electrons. The smallest absolute Gasteiger partial charge is 0.275 e. The Kier molecular flexibility index (Phi) is 3.70. The lowest BCUT2D eigenvalue weighted by Gasteiger charge is -2.03. The van der Waals surface area contributed by atoms with Gasteiger partial charge in [0.15, 0.2) is 0 Å². The fourth-order valence-corrected chi connectivity index (χ4v) is 2.92. The number of fused-ring (bicyclic) bond motifs is 1. The van der Waals surface area contributed by atoms with Crippen LogP contribution in [-0.4, -0.2) is 20.9 Å². The molecule has 3 aromatic rings. The maximum absolute atomic E-state index is 11.6. The van der Waals surface area contributed by atoms with E-state index in [9.17, 15) is 4.79 Å². The number of benzene rings is 1. The number of nitrogens with one attached hydrogen (secondary N) is 1. The van der Waals surface area contributed by atoms with Gasteiger partial charge in [-0.2, -0.15) is 4.52 Å². The zero-order valence-electron chi connectivity index (χ0n) is 10.7. The van der Waals surface area contributed by atoms with E-state index in [1.54, 1.807) is 11.8 Å². The van der Waals surface area contributed by atoms with Gasteiger partial charge in [0.2, 0.25) is 10.1 Å². The summed E-state index contributed by atoms with van der Waals surface area (Å²) in [5.41, 5.74) is 1.01. The third-order valence-electron chi connectivity index (χ3n) is 2.77. The van der Waals surface area contributed by atoms with Crippen LogP contribution >= 0.6 is 23.1 Å². The fraction of sp³-hybridized carbons (Fsp3) is 0.154. The molecule has 0 fully saturated rings. The van der Waals surface area contributed by atoms with Crippen molar-refractivity contribution in [1.29, 1.82) is 0 Å². The molecule has 0 aliphatic heterocycles. The number of anilines is 1.